The van der Waals surface area contributed by atoms with Crippen LogP contribution >= 0.6 is 0 Å². The summed E-state index contributed by atoms with van der Waals surface area (Å²) in [7, 11) is 0. The Balaban J connectivity index is 2.69. The molecule has 0 aliphatic heterocycles. The number of aromatic amines is 1. The summed E-state index contributed by atoms with van der Waals surface area (Å²) in [4.78, 5) is 45.3. The van der Waals surface area contributed by atoms with Crippen molar-refractivity contribution in [2.75, 3.05) is 0 Å². The van der Waals surface area contributed by atoms with Gasteiger partial charge in [-0.15, -0.1) is 0 Å². The maximum atomic E-state index is 13.6. The van der Waals surface area contributed by atoms with E-state index in [0.717, 1.165) is 13.8 Å². The highest BCUT2D eigenvalue weighted by Gasteiger charge is 2.42. The monoisotopic (exact) mass is 452 g/mol. The Labute approximate surface area is 210 Å². The molecule has 2 N–H and O–H groups in total. The molecule has 2 heterocycles. The van der Waals surface area contributed by atoms with Crippen LogP contribution in [0.4, 0.5) is 0 Å². The second-order valence-corrected chi connectivity index (χ2v) is 6.83. The van der Waals surface area contributed by atoms with Gasteiger partial charge in [0.05, 0.1) is 0 Å². The van der Waals surface area contributed by atoms with E-state index in [1.807, 2.05) is 0 Å². The van der Waals surface area contributed by atoms with Crippen molar-refractivity contribution < 1.29 is 37.3 Å². The minimum absolute atomic E-state index is 0.325. The van der Waals surface area contributed by atoms with E-state index in [1.54, 1.807) is 0 Å². The zero-order chi connectivity index (χ0) is 40.5. The highest BCUT2D eigenvalue weighted by Crippen LogP contribution is 2.50. The van der Waals surface area contributed by atoms with Gasteiger partial charge in [0.2, 0.25) is 0 Å². The molecule has 8 nitrogen and oxygen atoms in total. The Hall–Kier alpha value is -2.38. The zero-order valence-corrected chi connectivity index (χ0v) is 17.0. The molecule has 31 heavy (non-hydrogen) atoms. The van der Waals surface area contributed by atoms with E-state index >= 15 is 0 Å². The fourth-order valence-corrected chi connectivity index (χ4v) is 2.94. The molecule has 0 spiro atoms. The van der Waals surface area contributed by atoms with Gasteiger partial charge in [0, 0.05) is 52.3 Å². The van der Waals surface area contributed by atoms with Gasteiger partial charge in [-0.3, -0.25) is 18.7 Å². The van der Waals surface area contributed by atoms with Crippen LogP contribution < -0.4 is 11.2 Å². The lowest BCUT2D eigenvalue weighted by atomic mass is 9.61. The van der Waals surface area contributed by atoms with Crippen molar-refractivity contribution in [1.82, 2.24) is 19.1 Å². The predicted octanol–water partition coefficient (Wildman–Crippen LogP) is 3.80. The number of rotatable bonds is 9. The Morgan fingerprint density at radius 1 is 1.23 bits per heavy atom. The van der Waals surface area contributed by atoms with E-state index in [2.05, 4.69) is 9.97 Å². The molecule has 0 unspecified atom stereocenters. The predicted molar refractivity (Wildman–Crippen MR) is 121 cm³/mol. The number of nitrogens with zero attached hydrogens (tertiary/aromatic N) is 3. The number of aryl methyl sites for hydroxylation is 1. The number of aliphatic carboxylic acids is 1. The van der Waals surface area contributed by atoms with Crippen molar-refractivity contribution in [3.8, 4) is 0 Å². The molecule has 0 amide bonds. The maximum Gasteiger partial charge on any atom is 0.332 e. The summed E-state index contributed by atoms with van der Waals surface area (Å²) < 4.78 is 171. The minimum atomic E-state index is -4.85. The summed E-state index contributed by atoms with van der Waals surface area (Å²) in [6.45, 7) is -2.58. The number of H-pyrrole nitrogens is 1. The molecule has 3 rings (SSSR count). The third-order valence-corrected chi connectivity index (χ3v) is 4.54. The fourth-order valence-electron chi connectivity index (χ4n) is 2.94. The standard InChI is InChI=1S/C23H36N4O4/c1-5-14-26-18-17(19(30)27(15-6-2)21(26)31)24-20(25-18)22(4)10-12-23(7-3,13-11-22)9-8-16(28)29/h5-15H2,1-4H3,(H,24,25)(H,28,29)/i3D2,5D2,6D2,7D2,8D2,9D2,10D2,11D2,12D2,13D2. The summed E-state index contributed by atoms with van der Waals surface area (Å²) in [5.74, 6) is -3.96. The number of carbonyl (C=O) groups is 1. The molecular formula is C23H36N4O4. The van der Waals surface area contributed by atoms with Crippen LogP contribution in [-0.4, -0.2) is 30.2 Å². The van der Waals surface area contributed by atoms with Gasteiger partial charge in [-0.2, -0.15) is 0 Å². The number of imidazole rings is 1. The Morgan fingerprint density at radius 3 is 2.45 bits per heavy atom. The zero-order valence-electron chi connectivity index (χ0n) is 37.0. The number of carboxylic acids is 1. The summed E-state index contributed by atoms with van der Waals surface area (Å²) >= 11 is 0. The molecule has 1 fully saturated rings. The number of carboxylic acid groups (broad SMARTS) is 1. The number of fused-ring (bicyclic) bond motifs is 1. The molecule has 1 aliphatic rings. The molecule has 2 aromatic rings. The van der Waals surface area contributed by atoms with Crippen molar-refractivity contribution in [3.63, 3.8) is 0 Å². The van der Waals surface area contributed by atoms with Crippen LogP contribution in [0.3, 0.4) is 0 Å². The minimum Gasteiger partial charge on any atom is -0.481 e. The first-order valence-corrected chi connectivity index (χ1v) is 9.06. The smallest absolute Gasteiger partial charge is 0.332 e. The Morgan fingerprint density at radius 2 is 1.87 bits per heavy atom. The second kappa shape index (κ2) is 9.01. The number of hydrogen-bond donors (Lipinski definition) is 2. The van der Waals surface area contributed by atoms with Gasteiger partial charge in [0.25, 0.3) is 5.56 Å². The first-order valence-electron chi connectivity index (χ1n) is 19.2. The van der Waals surface area contributed by atoms with Gasteiger partial charge < -0.3 is 10.1 Å². The molecule has 0 aromatic carbocycles. The average molecular weight is 453 g/mol. The van der Waals surface area contributed by atoms with E-state index in [0.29, 0.717) is 16.1 Å². The Kier molecular flexibility index (Phi) is 2.48. The summed E-state index contributed by atoms with van der Waals surface area (Å²) in [5.41, 5.74) is -12.7. The van der Waals surface area contributed by atoms with Gasteiger partial charge in [0.15, 0.2) is 5.65 Å². The van der Waals surface area contributed by atoms with Crippen LogP contribution in [-0.2, 0) is 23.3 Å². The number of nitrogens with one attached hydrogen (secondary N) is 1. The van der Waals surface area contributed by atoms with E-state index < -0.39 is 122 Å². The third kappa shape index (κ3) is 4.34. The van der Waals surface area contributed by atoms with Gasteiger partial charge in [0.1, 0.15) is 11.3 Å². The fraction of sp³-hybridized carbons (Fsp3) is 0.739. The Bertz CT molecular complexity index is 1820. The summed E-state index contributed by atoms with van der Waals surface area (Å²) in [5, 5.41) is 9.65. The molecule has 0 saturated heterocycles. The van der Waals surface area contributed by atoms with Gasteiger partial charge >= 0.3 is 11.7 Å². The van der Waals surface area contributed by atoms with E-state index in [1.165, 1.54) is 0 Å². The van der Waals surface area contributed by atoms with Crippen LogP contribution in [0.5, 0.6) is 0 Å². The van der Waals surface area contributed by atoms with Gasteiger partial charge in [-0.05, 0) is 50.0 Å². The van der Waals surface area contributed by atoms with E-state index in [-0.39, 0.29) is 0 Å². The third-order valence-electron chi connectivity index (χ3n) is 4.54. The molecule has 1 aliphatic carbocycles. The van der Waals surface area contributed by atoms with Crippen LogP contribution in [0.2, 0.25) is 0 Å². The maximum absolute atomic E-state index is 13.6. The normalized spacial score (nSPS) is 42.5. The molecule has 0 bridgehead atoms. The average Bonchev–Trinajstić information content (AvgIpc) is 3.36. The van der Waals surface area contributed by atoms with Crippen molar-refractivity contribution in [3.05, 3.63) is 26.7 Å². The van der Waals surface area contributed by atoms with Crippen molar-refractivity contribution >= 4 is 17.1 Å². The second-order valence-electron chi connectivity index (χ2n) is 6.83. The summed E-state index contributed by atoms with van der Waals surface area (Å²) in [6.07, 6.45) is -36.2. The van der Waals surface area contributed by atoms with Crippen molar-refractivity contribution in [1.29, 1.82) is 0 Å². The summed E-state index contributed by atoms with van der Waals surface area (Å²) in [6, 6.07) is 0. The molecule has 0 atom stereocenters. The van der Waals surface area contributed by atoms with Crippen LogP contribution in [0.1, 0.15) is 118 Å². The van der Waals surface area contributed by atoms with E-state index in [9.17, 15) is 19.5 Å². The molecule has 2 aromatic heterocycles. The lowest BCUT2D eigenvalue weighted by molar-refractivity contribution is -0.137. The lowest BCUT2D eigenvalue weighted by Gasteiger charge is -2.44. The topological polar surface area (TPSA) is 110 Å². The van der Waals surface area contributed by atoms with Crippen LogP contribution in [0.15, 0.2) is 9.59 Å². The highest BCUT2D eigenvalue weighted by atomic mass is 16.4. The van der Waals surface area contributed by atoms with Crippen LogP contribution in [0.25, 0.3) is 11.2 Å². The largest absolute Gasteiger partial charge is 0.481 e. The van der Waals surface area contributed by atoms with Gasteiger partial charge in [-0.25, -0.2) is 9.78 Å². The molecule has 172 valence electrons. The molecular weight excluding hydrogens is 396 g/mol. The first-order chi connectivity index (χ1) is 22.2. The molecule has 1 saturated carbocycles. The van der Waals surface area contributed by atoms with Crippen molar-refractivity contribution in [2.24, 2.45) is 5.41 Å². The van der Waals surface area contributed by atoms with E-state index in [4.69, 9.17) is 27.4 Å². The first kappa shape index (κ1) is 8.52. The number of aromatic nitrogens is 4. The molecule has 8 heteroatoms. The quantitative estimate of drug-likeness (QED) is 0.601. The molecule has 0 radical (unpaired) electrons. The van der Waals surface area contributed by atoms with Gasteiger partial charge in [-0.1, -0.05) is 34.0 Å². The van der Waals surface area contributed by atoms with Crippen LogP contribution in [0, 0.1) is 5.41 Å². The SMILES string of the molecule is [2H]C([2H])C([2H])([2H])C1(C([2H])([2H])C([2H])([2H])C(=O)O)C([2H])([2H])C([2H])([2H])C(C)(c2nc3c([nH]2)c(=O)n(CC([2H])([2H])C)c(=O)n3CC([2H])([2H])C)C([2H])([2H])C1([2H])[2H]. The van der Waals surface area contributed by atoms with Crippen molar-refractivity contribution in [2.45, 2.75) is 104 Å². The highest BCUT2D eigenvalue weighted by molar-refractivity contribution is 5.70. The number of hydrogen-bond acceptors (Lipinski definition) is 4. The lowest BCUT2D eigenvalue weighted by Crippen LogP contribution is -2.40.